The molecule has 6 nitrogen and oxygen atoms in total. The number of halogens is 2. The molecule has 3 aromatic carbocycles. The van der Waals surface area contributed by atoms with Crippen molar-refractivity contribution in [3.63, 3.8) is 0 Å². The van der Waals surface area contributed by atoms with Crippen molar-refractivity contribution in [1.82, 2.24) is 4.90 Å². The topological polar surface area (TPSA) is 79.2 Å². The van der Waals surface area contributed by atoms with E-state index in [1.165, 1.54) is 28.8 Å². The van der Waals surface area contributed by atoms with Crippen molar-refractivity contribution in [2.24, 2.45) is 4.99 Å². The Labute approximate surface area is 216 Å². The van der Waals surface area contributed by atoms with Gasteiger partial charge in [0.25, 0.3) is 5.91 Å². The van der Waals surface area contributed by atoms with E-state index in [2.05, 4.69) is 4.99 Å². The van der Waals surface area contributed by atoms with Crippen LogP contribution in [0.2, 0.25) is 10.0 Å². The second-order valence-corrected chi connectivity index (χ2v) is 9.64. The number of carbonyl (C=O) groups is 2. The zero-order valence-electron chi connectivity index (χ0n) is 18.8. The minimum absolute atomic E-state index is 0.119. The monoisotopic (exact) mass is 526 g/mol. The number of hydrogen-bond acceptors (Lipinski definition) is 5. The Morgan fingerprint density at radius 2 is 1.80 bits per heavy atom. The van der Waals surface area contributed by atoms with Gasteiger partial charge in [-0.15, -0.1) is 0 Å². The molecule has 178 valence electrons. The van der Waals surface area contributed by atoms with E-state index in [4.69, 9.17) is 27.9 Å². The Kier molecular flexibility index (Phi) is 7.50. The molecule has 1 aliphatic rings. The standard InChI is InChI=1S/C26H20Cl2N2O4S/c1-15-6-8-16(9-7-15)14-34-23-20(27)10-17(11-21(23)28)12-22-24(31)30(2)26(35-22)29-19-5-3-4-18(13-19)25(32)33/h3-13H,14H2,1-2H3,(H,32,33). The highest BCUT2D eigenvalue weighted by molar-refractivity contribution is 8.18. The SMILES string of the molecule is Cc1ccc(COc2c(Cl)cc(C=C3SC(=Nc4cccc(C(=O)O)c4)N(C)C3=O)cc2Cl)cc1. The Morgan fingerprint density at radius 3 is 2.46 bits per heavy atom. The summed E-state index contributed by atoms with van der Waals surface area (Å²) in [5, 5.41) is 10.3. The van der Waals surface area contributed by atoms with Crippen LogP contribution in [0, 0.1) is 6.92 Å². The largest absolute Gasteiger partial charge is 0.486 e. The van der Waals surface area contributed by atoms with E-state index in [-0.39, 0.29) is 11.5 Å². The lowest BCUT2D eigenvalue weighted by atomic mass is 10.1. The number of aromatic carboxylic acids is 1. The lowest BCUT2D eigenvalue weighted by molar-refractivity contribution is -0.121. The summed E-state index contributed by atoms with van der Waals surface area (Å²) in [7, 11) is 1.61. The Balaban J connectivity index is 1.54. The summed E-state index contributed by atoms with van der Waals surface area (Å²) >= 11 is 14.1. The highest BCUT2D eigenvalue weighted by Gasteiger charge is 2.30. The lowest BCUT2D eigenvalue weighted by Gasteiger charge is -2.11. The minimum atomic E-state index is -1.05. The van der Waals surface area contributed by atoms with Gasteiger partial charge in [-0.25, -0.2) is 9.79 Å². The summed E-state index contributed by atoms with van der Waals surface area (Å²) < 4.78 is 5.84. The summed E-state index contributed by atoms with van der Waals surface area (Å²) in [6.07, 6.45) is 1.68. The van der Waals surface area contributed by atoms with Crippen LogP contribution in [0.25, 0.3) is 6.08 Å². The molecule has 1 amide bonds. The molecule has 0 atom stereocenters. The van der Waals surface area contributed by atoms with Gasteiger partial charge in [0.05, 0.1) is 26.2 Å². The normalized spacial score (nSPS) is 15.8. The summed E-state index contributed by atoms with van der Waals surface area (Å²) in [4.78, 5) is 30.3. The number of carboxylic acid groups (broad SMARTS) is 1. The molecule has 9 heteroatoms. The van der Waals surface area contributed by atoms with Crippen LogP contribution in [0.1, 0.15) is 27.0 Å². The van der Waals surface area contributed by atoms with Crippen LogP contribution in [-0.4, -0.2) is 34.1 Å². The van der Waals surface area contributed by atoms with Crippen molar-refractivity contribution >= 4 is 63.8 Å². The van der Waals surface area contributed by atoms with E-state index in [0.717, 1.165) is 11.1 Å². The highest BCUT2D eigenvalue weighted by Crippen LogP contribution is 2.38. The summed E-state index contributed by atoms with van der Waals surface area (Å²) in [6.45, 7) is 2.34. The van der Waals surface area contributed by atoms with Crippen LogP contribution in [-0.2, 0) is 11.4 Å². The van der Waals surface area contributed by atoms with Gasteiger partial charge in [0.15, 0.2) is 10.9 Å². The summed E-state index contributed by atoms with van der Waals surface area (Å²) in [6, 6.07) is 17.5. The molecule has 1 aliphatic heterocycles. The quantitative estimate of drug-likeness (QED) is 0.356. The predicted octanol–water partition coefficient (Wildman–Crippen LogP) is 6.81. The molecule has 0 unspecified atom stereocenters. The number of aryl methyl sites for hydroxylation is 1. The molecule has 4 rings (SSSR count). The van der Waals surface area contributed by atoms with E-state index < -0.39 is 5.97 Å². The molecule has 1 N–H and O–H groups in total. The fourth-order valence-electron chi connectivity index (χ4n) is 3.26. The summed E-state index contributed by atoms with van der Waals surface area (Å²) in [5.41, 5.74) is 3.35. The third kappa shape index (κ3) is 5.88. The zero-order chi connectivity index (χ0) is 25.1. The average molecular weight is 527 g/mol. The second kappa shape index (κ2) is 10.6. The van der Waals surface area contributed by atoms with Gasteiger partial charge >= 0.3 is 5.97 Å². The number of amides is 1. The van der Waals surface area contributed by atoms with Crippen molar-refractivity contribution in [2.45, 2.75) is 13.5 Å². The number of thioether (sulfide) groups is 1. The maximum Gasteiger partial charge on any atom is 0.335 e. The zero-order valence-corrected chi connectivity index (χ0v) is 21.1. The summed E-state index contributed by atoms with van der Waals surface area (Å²) in [5.74, 6) is -0.912. The van der Waals surface area contributed by atoms with Gasteiger partial charge in [-0.05, 0) is 66.2 Å². The third-order valence-electron chi connectivity index (χ3n) is 5.14. The first-order valence-electron chi connectivity index (χ1n) is 10.5. The van der Waals surface area contributed by atoms with Crippen LogP contribution in [0.3, 0.4) is 0 Å². The van der Waals surface area contributed by atoms with Gasteiger partial charge in [0.2, 0.25) is 0 Å². The van der Waals surface area contributed by atoms with Gasteiger partial charge in [0, 0.05) is 7.05 Å². The minimum Gasteiger partial charge on any atom is -0.486 e. The molecule has 1 saturated heterocycles. The molecular weight excluding hydrogens is 507 g/mol. The van der Waals surface area contributed by atoms with Gasteiger partial charge in [-0.3, -0.25) is 9.69 Å². The average Bonchev–Trinajstić information content (AvgIpc) is 3.07. The number of likely N-dealkylation sites (N-methyl/N-ethyl adjacent to an activating group) is 1. The van der Waals surface area contributed by atoms with Gasteiger partial charge < -0.3 is 9.84 Å². The molecule has 0 spiro atoms. The molecule has 1 fully saturated rings. The van der Waals surface area contributed by atoms with Crippen molar-refractivity contribution in [3.05, 3.63) is 97.9 Å². The van der Waals surface area contributed by atoms with Gasteiger partial charge in [0.1, 0.15) is 6.61 Å². The number of aliphatic imine (C=N–C) groups is 1. The number of nitrogens with zero attached hydrogens (tertiary/aromatic N) is 2. The molecule has 3 aromatic rings. The van der Waals surface area contributed by atoms with Crippen LogP contribution < -0.4 is 4.74 Å². The Bertz CT molecular complexity index is 1350. The first-order chi connectivity index (χ1) is 16.7. The molecule has 0 aliphatic carbocycles. The maximum atomic E-state index is 12.8. The molecule has 0 bridgehead atoms. The maximum absolute atomic E-state index is 12.8. The van der Waals surface area contributed by atoms with Gasteiger partial charge in [-0.2, -0.15) is 0 Å². The number of ether oxygens (including phenoxy) is 1. The fourth-order valence-corrected chi connectivity index (χ4v) is 4.86. The molecule has 0 saturated carbocycles. The third-order valence-corrected chi connectivity index (χ3v) is 6.77. The number of rotatable bonds is 6. The Morgan fingerprint density at radius 1 is 1.11 bits per heavy atom. The van der Waals surface area contributed by atoms with Crippen LogP contribution in [0.4, 0.5) is 5.69 Å². The van der Waals surface area contributed by atoms with E-state index in [9.17, 15) is 14.7 Å². The fraction of sp³-hybridized carbons (Fsp3) is 0.115. The number of carbonyl (C=O) groups excluding carboxylic acids is 1. The van der Waals surface area contributed by atoms with Crippen molar-refractivity contribution in [3.8, 4) is 5.75 Å². The van der Waals surface area contributed by atoms with Gasteiger partial charge in [-0.1, -0.05) is 59.1 Å². The lowest BCUT2D eigenvalue weighted by Crippen LogP contribution is -2.23. The smallest absolute Gasteiger partial charge is 0.335 e. The van der Waals surface area contributed by atoms with Crippen LogP contribution >= 0.6 is 35.0 Å². The van der Waals surface area contributed by atoms with Crippen LogP contribution in [0.5, 0.6) is 5.75 Å². The number of benzene rings is 3. The highest BCUT2D eigenvalue weighted by atomic mass is 35.5. The molecule has 0 aromatic heterocycles. The van der Waals surface area contributed by atoms with E-state index in [1.807, 2.05) is 31.2 Å². The van der Waals surface area contributed by atoms with Crippen molar-refractivity contribution in [1.29, 1.82) is 0 Å². The van der Waals surface area contributed by atoms with E-state index in [0.29, 0.717) is 43.7 Å². The van der Waals surface area contributed by atoms with Crippen molar-refractivity contribution < 1.29 is 19.4 Å². The molecule has 0 radical (unpaired) electrons. The van der Waals surface area contributed by atoms with E-state index in [1.54, 1.807) is 37.4 Å². The number of hydrogen-bond donors (Lipinski definition) is 1. The van der Waals surface area contributed by atoms with Crippen LogP contribution in [0.15, 0.2) is 70.6 Å². The predicted molar refractivity (Wildman–Crippen MR) is 141 cm³/mol. The first kappa shape index (κ1) is 24.9. The van der Waals surface area contributed by atoms with Crippen molar-refractivity contribution in [2.75, 3.05) is 7.05 Å². The second-order valence-electron chi connectivity index (χ2n) is 7.81. The van der Waals surface area contributed by atoms with E-state index >= 15 is 0 Å². The Hall–Kier alpha value is -3.26. The molecule has 1 heterocycles. The first-order valence-corrected chi connectivity index (χ1v) is 12.1. The number of amidine groups is 1. The molecule has 35 heavy (non-hydrogen) atoms. The number of carboxylic acids is 1. The molecular formula is C26H20Cl2N2O4S.